The van der Waals surface area contributed by atoms with Gasteiger partial charge in [0.25, 0.3) is 0 Å². The molecule has 5 heteroatoms. The van der Waals surface area contributed by atoms with Crippen LogP contribution in [0.1, 0.15) is 198 Å². The van der Waals surface area contributed by atoms with Crippen molar-refractivity contribution in [3.05, 3.63) is 82.5 Å². The Morgan fingerprint density at radius 3 is 1.26 bits per heavy atom. The molecule has 0 aliphatic rings. The number of hydrogen-bond acceptors (Lipinski definition) is 5. The van der Waals surface area contributed by atoms with Crippen molar-refractivity contribution < 1.29 is 25.5 Å². The molecule has 0 saturated carbocycles. The van der Waals surface area contributed by atoms with Gasteiger partial charge >= 0.3 is 0 Å². The molecular formula is C49H86O5. The zero-order valence-electron chi connectivity index (χ0n) is 37.0. The van der Waals surface area contributed by atoms with Crippen LogP contribution in [0.3, 0.4) is 0 Å². The van der Waals surface area contributed by atoms with Crippen molar-refractivity contribution in [3.63, 3.8) is 0 Å². The molecule has 0 aromatic carbocycles. The van der Waals surface area contributed by atoms with Crippen molar-refractivity contribution in [2.24, 2.45) is 0 Å². The van der Waals surface area contributed by atoms with E-state index in [2.05, 4.69) is 91.5 Å². The van der Waals surface area contributed by atoms with Gasteiger partial charge in [0, 0.05) is 0 Å². The van der Waals surface area contributed by atoms with E-state index in [1.54, 1.807) is 26.8 Å². The smallest absolute Gasteiger partial charge is 0.0877 e. The van der Waals surface area contributed by atoms with Crippen LogP contribution in [-0.4, -0.2) is 54.0 Å². The number of aliphatic hydroxyl groups is 5. The Labute approximate surface area is 333 Å². The summed E-state index contributed by atoms with van der Waals surface area (Å²) >= 11 is 0. The van der Waals surface area contributed by atoms with Gasteiger partial charge in [0.1, 0.15) is 0 Å². The van der Waals surface area contributed by atoms with Crippen molar-refractivity contribution in [3.8, 4) is 0 Å². The van der Waals surface area contributed by atoms with Crippen LogP contribution in [0.2, 0.25) is 0 Å². The fraction of sp³-hybridized carbons (Fsp3) is 0.714. The third kappa shape index (κ3) is 28.4. The standard InChI is InChI=1S/C49H86O5/c1-13-46(9,51)33-19-30-43(7)28-16-26-41(5)24-14-22-40(4)23-15-25-42(6)27-17-29-44(8)31-32-45(50)49(12,54)36-20-35-48(11,53)38-37-47(10,52)34-18-21-39(2)3/h13,21-22,25-26,29-30,45,50-54H,1,14-20,23-24,27-28,31-38H2,2-12H3. The molecule has 5 nitrogen and oxygen atoms in total. The second-order valence-corrected chi connectivity index (χ2v) is 18.1. The lowest BCUT2D eigenvalue weighted by Crippen LogP contribution is -2.40. The van der Waals surface area contributed by atoms with E-state index in [9.17, 15) is 25.5 Å². The molecule has 0 aromatic heterocycles. The van der Waals surface area contributed by atoms with Crippen molar-refractivity contribution in [2.75, 3.05) is 0 Å². The van der Waals surface area contributed by atoms with Gasteiger partial charge in [-0.15, -0.1) is 6.58 Å². The molecule has 0 rings (SSSR count). The van der Waals surface area contributed by atoms with E-state index in [4.69, 9.17) is 0 Å². The average Bonchev–Trinajstić information content (AvgIpc) is 3.06. The second-order valence-electron chi connectivity index (χ2n) is 18.1. The van der Waals surface area contributed by atoms with Gasteiger partial charge in [0.2, 0.25) is 0 Å². The largest absolute Gasteiger partial charge is 0.390 e. The molecular weight excluding hydrogens is 669 g/mol. The zero-order valence-corrected chi connectivity index (χ0v) is 37.0. The minimum Gasteiger partial charge on any atom is -0.390 e. The first-order valence-corrected chi connectivity index (χ1v) is 21.1. The van der Waals surface area contributed by atoms with Gasteiger partial charge < -0.3 is 25.5 Å². The molecule has 0 fully saturated rings. The molecule has 0 aromatic rings. The van der Waals surface area contributed by atoms with E-state index in [1.807, 2.05) is 6.92 Å². The van der Waals surface area contributed by atoms with Crippen LogP contribution in [0, 0.1) is 0 Å². The van der Waals surface area contributed by atoms with E-state index in [0.29, 0.717) is 51.4 Å². The molecule has 0 aliphatic heterocycles. The summed E-state index contributed by atoms with van der Waals surface area (Å²) in [5.41, 5.74) is 4.45. The summed E-state index contributed by atoms with van der Waals surface area (Å²) in [6.45, 7) is 25.9. The zero-order chi connectivity index (χ0) is 41.4. The van der Waals surface area contributed by atoms with E-state index >= 15 is 0 Å². The third-order valence-electron chi connectivity index (χ3n) is 11.1. The number of rotatable bonds is 30. The highest BCUT2D eigenvalue weighted by Gasteiger charge is 2.32. The number of aliphatic hydroxyl groups excluding tert-OH is 1. The van der Waals surface area contributed by atoms with Gasteiger partial charge in [-0.2, -0.15) is 0 Å². The summed E-state index contributed by atoms with van der Waals surface area (Å²) in [7, 11) is 0. The molecule has 0 radical (unpaired) electrons. The first-order chi connectivity index (χ1) is 25.0. The molecule has 0 heterocycles. The van der Waals surface area contributed by atoms with E-state index in [0.717, 1.165) is 70.6 Å². The van der Waals surface area contributed by atoms with Gasteiger partial charge in [0.05, 0.1) is 28.5 Å². The highest BCUT2D eigenvalue weighted by molar-refractivity contribution is 5.09. The SMILES string of the molecule is C=CC(C)(O)CCC=C(C)CCC=C(C)CCC=C(C)CCC=C(C)CCC=C(C)CCC(O)C(C)(O)CCCC(C)(O)CCC(C)(O)CCC=C(C)C. The van der Waals surface area contributed by atoms with Crippen LogP contribution < -0.4 is 0 Å². The van der Waals surface area contributed by atoms with Crippen LogP contribution in [-0.2, 0) is 0 Å². The minimum absolute atomic E-state index is 0.419. The maximum atomic E-state index is 11.0. The maximum Gasteiger partial charge on any atom is 0.0877 e. The predicted molar refractivity (Wildman–Crippen MR) is 235 cm³/mol. The quantitative estimate of drug-likeness (QED) is 0.0470. The molecule has 0 amide bonds. The highest BCUT2D eigenvalue weighted by atomic mass is 16.3. The van der Waals surface area contributed by atoms with E-state index < -0.39 is 28.5 Å². The van der Waals surface area contributed by atoms with Crippen molar-refractivity contribution in [1.82, 2.24) is 0 Å². The lowest BCUT2D eigenvalue weighted by molar-refractivity contribution is -0.0753. The Morgan fingerprint density at radius 1 is 0.481 bits per heavy atom. The topological polar surface area (TPSA) is 101 Å². The molecule has 54 heavy (non-hydrogen) atoms. The molecule has 5 N–H and O–H groups in total. The molecule has 312 valence electrons. The Bertz CT molecular complexity index is 1250. The van der Waals surface area contributed by atoms with Gasteiger partial charge in [-0.05, 0) is 198 Å². The van der Waals surface area contributed by atoms with E-state index in [-0.39, 0.29) is 0 Å². The predicted octanol–water partition coefficient (Wildman–Crippen LogP) is 12.6. The molecule has 0 aliphatic carbocycles. The average molecular weight is 755 g/mol. The fourth-order valence-corrected chi connectivity index (χ4v) is 6.54. The van der Waals surface area contributed by atoms with Gasteiger partial charge in [-0.3, -0.25) is 0 Å². The summed E-state index contributed by atoms with van der Waals surface area (Å²) in [6, 6.07) is 0. The Kier molecular flexibility index (Phi) is 25.8. The molecule has 5 atom stereocenters. The Morgan fingerprint density at radius 2 is 0.852 bits per heavy atom. The monoisotopic (exact) mass is 755 g/mol. The second kappa shape index (κ2) is 26.8. The van der Waals surface area contributed by atoms with Crippen LogP contribution >= 0.6 is 0 Å². The highest BCUT2D eigenvalue weighted by Crippen LogP contribution is 2.30. The molecule has 5 unspecified atom stereocenters. The summed E-state index contributed by atoms with van der Waals surface area (Å²) in [4.78, 5) is 0. The van der Waals surface area contributed by atoms with Gasteiger partial charge in [-0.25, -0.2) is 0 Å². The van der Waals surface area contributed by atoms with Crippen molar-refractivity contribution in [1.29, 1.82) is 0 Å². The van der Waals surface area contributed by atoms with Crippen LogP contribution in [0.15, 0.2) is 82.5 Å². The Hall–Kier alpha value is -2.02. The van der Waals surface area contributed by atoms with Crippen LogP contribution in [0.25, 0.3) is 0 Å². The summed E-state index contributed by atoms with van der Waals surface area (Å²) in [5, 5.41) is 53.5. The normalized spacial score (nSPS) is 18.7. The maximum absolute atomic E-state index is 11.0. The van der Waals surface area contributed by atoms with Gasteiger partial charge in [-0.1, -0.05) is 76.0 Å². The van der Waals surface area contributed by atoms with Crippen molar-refractivity contribution >= 4 is 0 Å². The minimum atomic E-state index is -1.21. The van der Waals surface area contributed by atoms with Crippen LogP contribution in [0.5, 0.6) is 0 Å². The molecule has 0 saturated heterocycles. The number of allylic oxidation sites excluding steroid dienone is 12. The van der Waals surface area contributed by atoms with Crippen molar-refractivity contribution in [2.45, 2.75) is 227 Å². The summed E-state index contributed by atoms with van der Waals surface area (Å²) < 4.78 is 0. The Balaban J connectivity index is 4.43. The molecule has 0 spiro atoms. The number of hydrogen-bond donors (Lipinski definition) is 5. The fourth-order valence-electron chi connectivity index (χ4n) is 6.54. The lowest BCUT2D eigenvalue weighted by Gasteiger charge is -2.32. The summed E-state index contributed by atoms with van der Waals surface area (Å²) in [6.07, 6.45) is 29.9. The first-order valence-electron chi connectivity index (χ1n) is 21.1. The van der Waals surface area contributed by atoms with Crippen LogP contribution in [0.4, 0.5) is 0 Å². The molecule has 0 bridgehead atoms. The van der Waals surface area contributed by atoms with E-state index in [1.165, 1.54) is 33.4 Å². The third-order valence-corrected chi connectivity index (χ3v) is 11.1. The summed E-state index contributed by atoms with van der Waals surface area (Å²) in [5.74, 6) is 0. The lowest BCUT2D eigenvalue weighted by atomic mass is 9.83. The first kappa shape index (κ1) is 52.0. The van der Waals surface area contributed by atoms with Gasteiger partial charge in [0.15, 0.2) is 0 Å².